The number of methoxy groups -OCH3 is 1. The van der Waals surface area contributed by atoms with Crippen molar-refractivity contribution in [3.8, 4) is 23.0 Å². The molecule has 3 aromatic rings. The molecule has 2 aromatic carbocycles. The van der Waals surface area contributed by atoms with Gasteiger partial charge in [0.05, 0.1) is 32.4 Å². The van der Waals surface area contributed by atoms with Gasteiger partial charge in [-0.15, -0.1) is 12.4 Å². The minimum absolute atomic E-state index is 0. The van der Waals surface area contributed by atoms with Gasteiger partial charge in [-0.1, -0.05) is 20.8 Å². The van der Waals surface area contributed by atoms with Gasteiger partial charge in [-0.25, -0.2) is 4.79 Å². The van der Waals surface area contributed by atoms with Gasteiger partial charge in [0.1, 0.15) is 11.5 Å². The lowest BCUT2D eigenvalue weighted by Gasteiger charge is -2.26. The van der Waals surface area contributed by atoms with Crippen molar-refractivity contribution in [3.63, 3.8) is 0 Å². The van der Waals surface area contributed by atoms with Crippen molar-refractivity contribution in [2.45, 2.75) is 33.6 Å². The van der Waals surface area contributed by atoms with Gasteiger partial charge in [0.15, 0.2) is 11.5 Å². The van der Waals surface area contributed by atoms with Crippen LogP contribution in [0.5, 0.6) is 23.0 Å². The van der Waals surface area contributed by atoms with Crippen LogP contribution >= 0.6 is 12.4 Å². The molecule has 0 radical (unpaired) electrons. The van der Waals surface area contributed by atoms with E-state index in [0.29, 0.717) is 41.8 Å². The van der Waals surface area contributed by atoms with Crippen LogP contribution in [0.15, 0.2) is 48.7 Å². The molecule has 0 spiro atoms. The number of hydrogen-bond acceptors (Lipinski definition) is 7. The van der Waals surface area contributed by atoms with Gasteiger partial charge in [-0.2, -0.15) is 0 Å². The highest BCUT2D eigenvalue weighted by Gasteiger charge is 2.14. The number of fused-ring (bicyclic) bond motifs is 1. The normalized spacial score (nSPS) is 13.8. The predicted molar refractivity (Wildman–Crippen MR) is 161 cm³/mol. The van der Waals surface area contributed by atoms with E-state index < -0.39 is 0 Å². The average molecular weight is 573 g/mol. The summed E-state index contributed by atoms with van der Waals surface area (Å²) in [4.78, 5) is 19.1. The fraction of sp³-hybridized carbons (Fsp3) is 0.467. The molecule has 40 heavy (non-hydrogen) atoms. The average Bonchev–Trinajstić information content (AvgIpc) is 2.92. The Hall–Kier alpha value is -3.27. The Morgan fingerprint density at radius 3 is 2.50 bits per heavy atom. The molecule has 0 unspecified atom stereocenters. The zero-order valence-corrected chi connectivity index (χ0v) is 24.6. The van der Waals surface area contributed by atoms with Gasteiger partial charge in [0.25, 0.3) is 0 Å². The molecule has 2 amide bonds. The van der Waals surface area contributed by atoms with Gasteiger partial charge in [-0.3, -0.25) is 9.88 Å². The largest absolute Gasteiger partial charge is 0.493 e. The van der Waals surface area contributed by atoms with Gasteiger partial charge in [0.2, 0.25) is 0 Å². The van der Waals surface area contributed by atoms with Crippen LogP contribution < -0.4 is 24.8 Å². The van der Waals surface area contributed by atoms with E-state index in [1.54, 1.807) is 13.3 Å². The van der Waals surface area contributed by atoms with E-state index in [1.165, 1.54) is 0 Å². The third kappa shape index (κ3) is 9.43. The number of hydrogen-bond donors (Lipinski definition) is 2. The smallest absolute Gasteiger partial charge is 0.319 e. The maximum Gasteiger partial charge on any atom is 0.319 e. The number of nitrogens with zero attached hydrogens (tertiary/aromatic N) is 2. The number of ether oxygens (including phenoxy) is 4. The number of aromatic nitrogens is 1. The molecule has 2 N–H and O–H groups in total. The molecule has 0 aliphatic carbocycles. The predicted octanol–water partition coefficient (Wildman–Crippen LogP) is 6.12. The second kappa shape index (κ2) is 14.9. The zero-order valence-electron chi connectivity index (χ0n) is 23.8. The lowest BCUT2D eigenvalue weighted by Crippen LogP contribution is -2.37. The molecule has 0 bridgehead atoms. The summed E-state index contributed by atoms with van der Waals surface area (Å²) in [5, 5.41) is 6.56. The first kappa shape index (κ1) is 31.3. The van der Waals surface area contributed by atoms with Crippen LogP contribution in [-0.2, 0) is 4.74 Å². The summed E-state index contributed by atoms with van der Waals surface area (Å²) < 4.78 is 23.3. The lowest BCUT2D eigenvalue weighted by molar-refractivity contribution is 0.0357. The maximum atomic E-state index is 12.2. The topological polar surface area (TPSA) is 94.2 Å². The number of pyridine rings is 1. The van der Waals surface area contributed by atoms with E-state index in [4.69, 9.17) is 18.9 Å². The van der Waals surface area contributed by atoms with E-state index in [2.05, 4.69) is 41.3 Å². The number of urea groups is 1. The minimum Gasteiger partial charge on any atom is -0.493 e. The summed E-state index contributed by atoms with van der Waals surface area (Å²) in [6.07, 6.45) is 3.53. The number of nitrogens with one attached hydrogen (secondary N) is 2. The molecular formula is C30H41ClN4O5. The molecule has 10 heteroatoms. The van der Waals surface area contributed by atoms with Crippen LogP contribution in [0.3, 0.4) is 0 Å². The highest BCUT2D eigenvalue weighted by atomic mass is 35.5. The van der Waals surface area contributed by atoms with Gasteiger partial charge in [0, 0.05) is 49.5 Å². The molecule has 1 saturated heterocycles. The van der Waals surface area contributed by atoms with E-state index in [1.807, 2.05) is 42.5 Å². The maximum absolute atomic E-state index is 12.2. The second-order valence-electron chi connectivity index (χ2n) is 10.8. The molecule has 218 valence electrons. The summed E-state index contributed by atoms with van der Waals surface area (Å²) in [6.45, 7) is 12.2. The van der Waals surface area contributed by atoms with E-state index in [9.17, 15) is 4.79 Å². The highest BCUT2D eigenvalue weighted by Crippen LogP contribution is 2.37. The Kier molecular flexibility index (Phi) is 11.7. The number of benzene rings is 2. The van der Waals surface area contributed by atoms with Crippen LogP contribution in [0.2, 0.25) is 0 Å². The monoisotopic (exact) mass is 572 g/mol. The van der Waals surface area contributed by atoms with Crippen molar-refractivity contribution >= 4 is 35.0 Å². The van der Waals surface area contributed by atoms with Crippen molar-refractivity contribution in [1.82, 2.24) is 15.2 Å². The van der Waals surface area contributed by atoms with Crippen molar-refractivity contribution < 1.29 is 23.7 Å². The lowest BCUT2D eigenvalue weighted by atomic mass is 9.92. The molecular weight excluding hydrogens is 532 g/mol. The standard InChI is InChI=1S/C30H40N4O5.ClH/c1-30(2,3)11-13-32-29(35)33-22-6-8-23(9-7-22)39-26-10-12-31-25-21-28(27(36-4)20-24(25)26)38-17-5-14-34-15-18-37-19-16-34;/h6-10,12,20-21H,5,11,13-19H2,1-4H3,(H2,32,33,35);1H. The van der Waals surface area contributed by atoms with Crippen molar-refractivity contribution in [3.05, 3.63) is 48.7 Å². The molecule has 0 saturated carbocycles. The molecule has 1 aliphatic rings. The Morgan fingerprint density at radius 2 is 1.80 bits per heavy atom. The molecule has 9 nitrogen and oxygen atoms in total. The summed E-state index contributed by atoms with van der Waals surface area (Å²) in [5.41, 5.74) is 1.61. The third-order valence-electron chi connectivity index (χ3n) is 6.47. The van der Waals surface area contributed by atoms with Crippen molar-refractivity contribution in [1.29, 1.82) is 0 Å². The Labute approximate surface area is 242 Å². The van der Waals surface area contributed by atoms with Crippen LogP contribution in [0.25, 0.3) is 10.9 Å². The fourth-order valence-corrected chi connectivity index (χ4v) is 4.24. The summed E-state index contributed by atoms with van der Waals surface area (Å²) >= 11 is 0. The number of carbonyl (C=O) groups excluding carboxylic acids is 1. The second-order valence-corrected chi connectivity index (χ2v) is 10.8. The zero-order chi connectivity index (χ0) is 27.7. The van der Waals surface area contributed by atoms with Gasteiger partial charge >= 0.3 is 6.03 Å². The summed E-state index contributed by atoms with van der Waals surface area (Å²) in [6, 6.07) is 12.6. The Morgan fingerprint density at radius 1 is 1.05 bits per heavy atom. The summed E-state index contributed by atoms with van der Waals surface area (Å²) in [5.74, 6) is 2.58. The van der Waals surface area contributed by atoms with Crippen molar-refractivity contribution in [2.75, 3.05) is 58.4 Å². The van der Waals surface area contributed by atoms with Gasteiger partial charge < -0.3 is 29.6 Å². The van der Waals surface area contributed by atoms with E-state index in [-0.39, 0.29) is 23.9 Å². The van der Waals surface area contributed by atoms with E-state index >= 15 is 0 Å². The molecule has 2 heterocycles. The number of carbonyl (C=O) groups is 1. The first-order valence-corrected chi connectivity index (χ1v) is 13.5. The van der Waals surface area contributed by atoms with Gasteiger partial charge in [-0.05, 0) is 54.7 Å². The van der Waals surface area contributed by atoms with Crippen LogP contribution in [0.4, 0.5) is 10.5 Å². The number of rotatable bonds is 11. The number of halogens is 1. The van der Waals surface area contributed by atoms with Crippen LogP contribution in [0.1, 0.15) is 33.6 Å². The SMILES string of the molecule is COc1cc2c(Oc3ccc(NC(=O)NCCC(C)(C)C)cc3)ccnc2cc1OCCCN1CCOCC1.Cl. The third-order valence-corrected chi connectivity index (χ3v) is 6.47. The molecule has 1 fully saturated rings. The first-order valence-electron chi connectivity index (χ1n) is 13.5. The number of amides is 2. The fourth-order valence-electron chi connectivity index (χ4n) is 4.24. The Balaban J connectivity index is 0.00000441. The molecule has 1 aliphatic heterocycles. The molecule has 0 atom stereocenters. The number of morpholine rings is 1. The van der Waals surface area contributed by atoms with E-state index in [0.717, 1.165) is 56.6 Å². The highest BCUT2D eigenvalue weighted by molar-refractivity contribution is 5.90. The first-order chi connectivity index (χ1) is 18.8. The van der Waals surface area contributed by atoms with Crippen molar-refractivity contribution in [2.24, 2.45) is 5.41 Å². The number of anilines is 1. The quantitative estimate of drug-likeness (QED) is 0.267. The van der Waals surface area contributed by atoms with Crippen LogP contribution in [0, 0.1) is 5.41 Å². The minimum atomic E-state index is -0.223. The van der Waals surface area contributed by atoms with Crippen LogP contribution in [-0.4, -0.2) is 69.0 Å². The molecule has 1 aromatic heterocycles. The molecule has 4 rings (SSSR count). The summed E-state index contributed by atoms with van der Waals surface area (Å²) in [7, 11) is 1.63. The Bertz CT molecular complexity index is 1230.